The monoisotopic (exact) mass is 497 g/mol. The Balaban J connectivity index is 1.26. The maximum atomic E-state index is 12.8. The third-order valence-corrected chi connectivity index (χ3v) is 6.70. The number of ether oxygens (including phenoxy) is 2. The number of amides is 1. The van der Waals surface area contributed by atoms with E-state index < -0.39 is 11.7 Å². The predicted octanol–water partition coefficient (Wildman–Crippen LogP) is 5.65. The quantitative estimate of drug-likeness (QED) is 0.257. The number of nitrogens with one attached hydrogen (secondary N) is 1. The Morgan fingerprint density at radius 1 is 1.09 bits per heavy atom. The molecular formula is C27H28ClNO6. The van der Waals surface area contributed by atoms with Gasteiger partial charge in [-0.2, -0.15) is 0 Å². The summed E-state index contributed by atoms with van der Waals surface area (Å²) in [4.78, 5) is 36.6. The summed E-state index contributed by atoms with van der Waals surface area (Å²) in [5, 5.41) is 3.84. The van der Waals surface area contributed by atoms with Crippen molar-refractivity contribution in [3.05, 3.63) is 75.1 Å². The number of hydrogen-bond acceptors (Lipinski definition) is 6. The number of benzene rings is 2. The summed E-state index contributed by atoms with van der Waals surface area (Å²) in [6, 6.07) is 14.1. The summed E-state index contributed by atoms with van der Waals surface area (Å²) in [5.74, 6) is -0.147. The van der Waals surface area contributed by atoms with Gasteiger partial charge in [-0.3, -0.25) is 4.79 Å². The van der Waals surface area contributed by atoms with E-state index in [1.165, 1.54) is 12.1 Å². The summed E-state index contributed by atoms with van der Waals surface area (Å²) < 4.78 is 16.1. The Hall–Kier alpha value is -3.32. The van der Waals surface area contributed by atoms with E-state index in [9.17, 15) is 14.4 Å². The normalized spacial score (nSPS) is 17.7. The minimum atomic E-state index is -0.454. The van der Waals surface area contributed by atoms with Crippen molar-refractivity contribution >= 4 is 34.6 Å². The summed E-state index contributed by atoms with van der Waals surface area (Å²) in [7, 11) is 0. The van der Waals surface area contributed by atoms with Crippen LogP contribution in [0, 0.1) is 11.8 Å². The molecule has 1 aliphatic carbocycles. The zero-order chi connectivity index (χ0) is 24.8. The van der Waals surface area contributed by atoms with Gasteiger partial charge in [0.05, 0.1) is 10.9 Å². The Bertz CT molecular complexity index is 1250. The lowest BCUT2D eigenvalue weighted by Crippen LogP contribution is -2.33. The minimum absolute atomic E-state index is 0.186. The van der Waals surface area contributed by atoms with E-state index in [0.29, 0.717) is 36.4 Å². The smallest absolute Gasteiger partial charge is 0.407 e. The summed E-state index contributed by atoms with van der Waals surface area (Å²) in [5.41, 5.74) is 1.65. The van der Waals surface area contributed by atoms with Gasteiger partial charge in [-0.15, -0.1) is 0 Å². The van der Waals surface area contributed by atoms with Crippen LogP contribution in [0.3, 0.4) is 0 Å². The van der Waals surface area contributed by atoms with Gasteiger partial charge in [-0.05, 0) is 55.2 Å². The van der Waals surface area contributed by atoms with Crippen LogP contribution in [0.25, 0.3) is 11.0 Å². The minimum Gasteiger partial charge on any atom is -0.445 e. The van der Waals surface area contributed by atoms with Crippen molar-refractivity contribution in [2.45, 2.75) is 45.6 Å². The van der Waals surface area contributed by atoms with Crippen molar-refractivity contribution in [1.29, 1.82) is 0 Å². The Morgan fingerprint density at radius 2 is 1.83 bits per heavy atom. The van der Waals surface area contributed by atoms with Crippen LogP contribution in [0.4, 0.5) is 4.79 Å². The van der Waals surface area contributed by atoms with Crippen molar-refractivity contribution < 1.29 is 23.5 Å². The van der Waals surface area contributed by atoms with Gasteiger partial charge in [0.25, 0.3) is 0 Å². The topological polar surface area (TPSA) is 94.8 Å². The van der Waals surface area contributed by atoms with Crippen LogP contribution in [-0.4, -0.2) is 18.6 Å². The second kappa shape index (κ2) is 11.4. The Morgan fingerprint density at radius 3 is 2.54 bits per heavy atom. The van der Waals surface area contributed by atoms with Gasteiger partial charge in [0.2, 0.25) is 0 Å². The van der Waals surface area contributed by atoms with E-state index in [1.54, 1.807) is 6.07 Å². The van der Waals surface area contributed by atoms with Gasteiger partial charge < -0.3 is 19.2 Å². The van der Waals surface area contributed by atoms with Gasteiger partial charge in [0, 0.05) is 24.1 Å². The summed E-state index contributed by atoms with van der Waals surface area (Å²) in [6.45, 7) is 2.67. The lowest BCUT2D eigenvalue weighted by molar-refractivity contribution is -0.140. The maximum absolute atomic E-state index is 12.8. The lowest BCUT2D eigenvalue weighted by atomic mass is 9.82. The average Bonchev–Trinajstić information content (AvgIpc) is 2.87. The first-order chi connectivity index (χ1) is 16.9. The summed E-state index contributed by atoms with van der Waals surface area (Å²) >= 11 is 6.36. The van der Waals surface area contributed by atoms with Crippen LogP contribution < -0.4 is 15.7 Å². The zero-order valence-electron chi connectivity index (χ0n) is 19.6. The van der Waals surface area contributed by atoms with Gasteiger partial charge in [0.1, 0.15) is 12.2 Å². The molecule has 3 aromatic rings. The van der Waals surface area contributed by atoms with Crippen LogP contribution in [-0.2, 0) is 22.6 Å². The number of fused-ring (bicyclic) bond motifs is 1. The van der Waals surface area contributed by atoms with Crippen LogP contribution in [0.5, 0.6) is 5.75 Å². The maximum Gasteiger partial charge on any atom is 0.407 e. The number of carbonyl (C=O) groups is 2. The zero-order valence-corrected chi connectivity index (χ0v) is 20.3. The summed E-state index contributed by atoms with van der Waals surface area (Å²) in [6.07, 6.45) is 3.10. The molecule has 0 saturated heterocycles. The molecule has 1 heterocycles. The number of carbonyl (C=O) groups excluding carboxylic acids is 2. The van der Waals surface area contributed by atoms with Crippen LogP contribution in [0.2, 0.25) is 5.02 Å². The number of hydrogen-bond donors (Lipinski definition) is 1. The van der Waals surface area contributed by atoms with Crippen molar-refractivity contribution in [1.82, 2.24) is 5.32 Å². The van der Waals surface area contributed by atoms with Gasteiger partial charge >= 0.3 is 17.7 Å². The predicted molar refractivity (Wildman–Crippen MR) is 133 cm³/mol. The van der Waals surface area contributed by atoms with E-state index in [4.69, 9.17) is 25.5 Å². The standard InChI is InChI=1S/C27H28ClNO6/c1-2-19-12-25(30)34-23-14-24(22(28)13-21(19)23)35-26(31)20-10-8-17(9-11-20)15-29-27(32)33-16-18-6-4-3-5-7-18/h3-7,12-14,17,20H,2,8-11,15-16H2,1H3,(H,29,32). The van der Waals surface area contributed by atoms with E-state index in [2.05, 4.69) is 5.32 Å². The molecule has 8 heteroatoms. The molecule has 0 atom stereocenters. The van der Waals surface area contributed by atoms with Gasteiger partial charge in [-0.1, -0.05) is 48.9 Å². The first-order valence-electron chi connectivity index (χ1n) is 11.9. The molecule has 0 radical (unpaired) electrons. The molecule has 35 heavy (non-hydrogen) atoms. The number of rotatable bonds is 7. The van der Waals surface area contributed by atoms with Crippen molar-refractivity contribution in [2.75, 3.05) is 6.54 Å². The molecule has 0 spiro atoms. The molecule has 1 aromatic heterocycles. The molecule has 0 unspecified atom stereocenters. The second-order valence-corrected chi connectivity index (χ2v) is 9.21. The second-order valence-electron chi connectivity index (χ2n) is 8.80. The highest BCUT2D eigenvalue weighted by Gasteiger charge is 2.28. The highest BCUT2D eigenvalue weighted by atomic mass is 35.5. The van der Waals surface area contributed by atoms with Crippen LogP contribution >= 0.6 is 11.6 Å². The van der Waals surface area contributed by atoms with Gasteiger partial charge in [-0.25, -0.2) is 9.59 Å². The fourth-order valence-corrected chi connectivity index (χ4v) is 4.60. The number of esters is 1. The lowest BCUT2D eigenvalue weighted by Gasteiger charge is -2.27. The molecular weight excluding hydrogens is 470 g/mol. The highest BCUT2D eigenvalue weighted by Crippen LogP contribution is 2.34. The molecule has 1 aliphatic rings. The molecule has 184 valence electrons. The third kappa shape index (κ3) is 6.42. The van der Waals surface area contributed by atoms with Crippen LogP contribution in [0.15, 0.2) is 57.7 Å². The molecule has 0 bridgehead atoms. The molecule has 0 aliphatic heterocycles. The number of alkyl carbamates (subject to hydrolysis) is 1. The molecule has 1 fully saturated rings. The van der Waals surface area contributed by atoms with Crippen molar-refractivity contribution in [2.24, 2.45) is 11.8 Å². The molecule has 1 amide bonds. The molecule has 1 N–H and O–H groups in total. The SMILES string of the molecule is CCc1cc(=O)oc2cc(OC(=O)C3CCC(CNC(=O)OCc4ccccc4)CC3)c(Cl)cc12. The van der Waals surface area contributed by atoms with E-state index >= 15 is 0 Å². The van der Waals surface area contributed by atoms with E-state index in [0.717, 1.165) is 29.4 Å². The van der Waals surface area contributed by atoms with Gasteiger partial charge in [0.15, 0.2) is 5.75 Å². The van der Waals surface area contributed by atoms with Crippen LogP contribution in [0.1, 0.15) is 43.7 Å². The fourth-order valence-electron chi connectivity index (χ4n) is 4.39. The van der Waals surface area contributed by atoms with E-state index in [1.807, 2.05) is 37.3 Å². The number of halogens is 1. The molecule has 2 aromatic carbocycles. The third-order valence-electron chi connectivity index (χ3n) is 6.40. The molecule has 1 saturated carbocycles. The largest absolute Gasteiger partial charge is 0.445 e. The first-order valence-corrected chi connectivity index (χ1v) is 12.2. The average molecular weight is 498 g/mol. The van der Waals surface area contributed by atoms with Crippen molar-refractivity contribution in [3.63, 3.8) is 0 Å². The van der Waals surface area contributed by atoms with E-state index in [-0.39, 0.29) is 30.2 Å². The first kappa shape index (κ1) is 24.8. The fraction of sp³-hybridized carbons (Fsp3) is 0.370. The number of aryl methyl sites for hydroxylation is 1. The molecule has 7 nitrogen and oxygen atoms in total. The highest BCUT2D eigenvalue weighted by molar-refractivity contribution is 6.33. The Kier molecular flexibility index (Phi) is 8.08. The van der Waals surface area contributed by atoms with Crippen molar-refractivity contribution in [3.8, 4) is 5.75 Å². The molecule has 4 rings (SSSR count). The Labute approximate surface area is 208 Å².